The van der Waals surface area contributed by atoms with Crippen molar-refractivity contribution in [2.24, 2.45) is 0 Å². The van der Waals surface area contributed by atoms with Crippen LogP contribution in [0.5, 0.6) is 0 Å². The van der Waals surface area contributed by atoms with Gasteiger partial charge in [0, 0.05) is 19.5 Å². The lowest BCUT2D eigenvalue weighted by Gasteiger charge is -2.30. The Bertz CT molecular complexity index is 550. The maximum Gasteiger partial charge on any atom is 0.246 e. The summed E-state index contributed by atoms with van der Waals surface area (Å²) in [6, 6.07) is 3.92. The van der Waals surface area contributed by atoms with Crippen molar-refractivity contribution in [3.8, 4) is 0 Å². The first kappa shape index (κ1) is 14.9. The lowest BCUT2D eigenvalue weighted by molar-refractivity contribution is -0.148. The van der Waals surface area contributed by atoms with E-state index in [9.17, 15) is 14.0 Å². The van der Waals surface area contributed by atoms with E-state index < -0.39 is 11.9 Å². The predicted octanol–water partition coefficient (Wildman–Crippen LogP) is 2.28. The van der Waals surface area contributed by atoms with Gasteiger partial charge in [-0.3, -0.25) is 19.8 Å². The van der Waals surface area contributed by atoms with Crippen LogP contribution in [0.1, 0.15) is 31.4 Å². The molecule has 0 radical (unpaired) electrons. The number of halogens is 2. The van der Waals surface area contributed by atoms with Gasteiger partial charge >= 0.3 is 0 Å². The number of carbonyl (C=O) groups is 2. The highest BCUT2D eigenvalue weighted by Gasteiger charge is 2.32. The summed E-state index contributed by atoms with van der Waals surface area (Å²) in [4.78, 5) is 24.5. The van der Waals surface area contributed by atoms with Crippen molar-refractivity contribution in [2.45, 2.75) is 31.8 Å². The fourth-order valence-corrected chi connectivity index (χ4v) is 2.37. The molecular formula is C14H16ClFN2O2. The maximum atomic E-state index is 13.4. The molecule has 2 rings (SSSR count). The number of carbonyl (C=O) groups excluding carboxylic acids is 2. The number of likely N-dealkylation sites (tertiary alicyclic amines) is 1. The van der Waals surface area contributed by atoms with Gasteiger partial charge in [-0.15, -0.1) is 0 Å². The van der Waals surface area contributed by atoms with Gasteiger partial charge in [0.05, 0.1) is 11.1 Å². The SMILES string of the molecule is CC(NC1CCC(=O)N(C)C1=O)c1ccc(Cl)c(F)c1. The van der Waals surface area contributed by atoms with Crippen LogP contribution < -0.4 is 5.32 Å². The summed E-state index contributed by atoms with van der Waals surface area (Å²) in [5, 5.41) is 3.20. The molecule has 1 aliphatic rings. The number of nitrogens with one attached hydrogen (secondary N) is 1. The van der Waals surface area contributed by atoms with Crippen molar-refractivity contribution >= 4 is 23.4 Å². The molecular weight excluding hydrogens is 283 g/mol. The van der Waals surface area contributed by atoms with E-state index in [1.165, 1.54) is 19.2 Å². The number of rotatable bonds is 3. The Hall–Kier alpha value is -1.46. The molecule has 1 aromatic rings. The normalized spacial score (nSPS) is 21.2. The number of hydrogen-bond acceptors (Lipinski definition) is 3. The van der Waals surface area contributed by atoms with E-state index >= 15 is 0 Å². The predicted molar refractivity (Wildman–Crippen MR) is 73.8 cm³/mol. The lowest BCUT2D eigenvalue weighted by atomic mass is 10.0. The van der Waals surface area contributed by atoms with Gasteiger partial charge in [-0.2, -0.15) is 0 Å². The first-order valence-electron chi connectivity index (χ1n) is 6.41. The molecule has 108 valence electrons. The summed E-state index contributed by atoms with van der Waals surface area (Å²) in [5.74, 6) is -0.902. The summed E-state index contributed by atoms with van der Waals surface area (Å²) in [7, 11) is 1.48. The number of likely N-dealkylation sites (N-methyl/N-ethyl adjacent to an activating group) is 1. The molecule has 0 spiro atoms. The summed E-state index contributed by atoms with van der Waals surface area (Å²) >= 11 is 5.64. The number of nitrogens with zero attached hydrogens (tertiary/aromatic N) is 1. The second-order valence-electron chi connectivity index (χ2n) is 4.94. The Morgan fingerprint density at radius 1 is 1.45 bits per heavy atom. The second-order valence-corrected chi connectivity index (χ2v) is 5.35. The van der Waals surface area contributed by atoms with Crippen LogP contribution in [0.3, 0.4) is 0 Å². The summed E-state index contributed by atoms with van der Waals surface area (Å²) in [6.07, 6.45) is 0.796. The number of piperidine rings is 1. The van der Waals surface area contributed by atoms with Gasteiger partial charge in [0.25, 0.3) is 0 Å². The van der Waals surface area contributed by atoms with Crippen LogP contribution >= 0.6 is 11.6 Å². The summed E-state index contributed by atoms with van der Waals surface area (Å²) in [5.41, 5.74) is 0.708. The Kier molecular flexibility index (Phi) is 4.40. The van der Waals surface area contributed by atoms with Gasteiger partial charge in [0.2, 0.25) is 11.8 Å². The van der Waals surface area contributed by atoms with Crippen molar-refractivity contribution in [2.75, 3.05) is 7.05 Å². The molecule has 2 atom stereocenters. The van der Waals surface area contributed by atoms with E-state index in [-0.39, 0.29) is 22.9 Å². The molecule has 2 amide bonds. The highest BCUT2D eigenvalue weighted by atomic mass is 35.5. The molecule has 1 N–H and O–H groups in total. The maximum absolute atomic E-state index is 13.4. The Morgan fingerprint density at radius 3 is 2.80 bits per heavy atom. The minimum absolute atomic E-state index is 0.0695. The van der Waals surface area contributed by atoms with Gasteiger partial charge in [-0.1, -0.05) is 17.7 Å². The third kappa shape index (κ3) is 2.99. The van der Waals surface area contributed by atoms with E-state index in [2.05, 4.69) is 5.32 Å². The third-order valence-corrected chi connectivity index (χ3v) is 3.85. The van der Waals surface area contributed by atoms with Crippen molar-refractivity contribution < 1.29 is 14.0 Å². The monoisotopic (exact) mass is 298 g/mol. The van der Waals surface area contributed by atoms with Gasteiger partial charge in [-0.05, 0) is 31.0 Å². The van der Waals surface area contributed by atoms with Gasteiger partial charge in [0.1, 0.15) is 5.82 Å². The molecule has 4 nitrogen and oxygen atoms in total. The molecule has 6 heteroatoms. The average molecular weight is 299 g/mol. The highest BCUT2D eigenvalue weighted by molar-refractivity contribution is 6.30. The largest absolute Gasteiger partial charge is 0.299 e. The van der Waals surface area contributed by atoms with Crippen molar-refractivity contribution in [3.63, 3.8) is 0 Å². The minimum Gasteiger partial charge on any atom is -0.299 e. The Balaban J connectivity index is 2.07. The molecule has 2 unspecified atom stereocenters. The van der Waals surface area contributed by atoms with Gasteiger partial charge < -0.3 is 0 Å². The first-order valence-corrected chi connectivity index (χ1v) is 6.79. The van der Waals surface area contributed by atoms with E-state index in [1.807, 2.05) is 6.92 Å². The molecule has 1 aromatic carbocycles. The molecule has 1 aliphatic heterocycles. The fourth-order valence-electron chi connectivity index (χ4n) is 2.25. The smallest absolute Gasteiger partial charge is 0.246 e. The van der Waals surface area contributed by atoms with E-state index in [0.717, 1.165) is 4.90 Å². The van der Waals surface area contributed by atoms with Crippen LogP contribution in [0, 0.1) is 5.82 Å². The summed E-state index contributed by atoms with van der Waals surface area (Å²) < 4.78 is 13.4. The molecule has 1 saturated heterocycles. The number of amides is 2. The van der Waals surface area contributed by atoms with E-state index in [4.69, 9.17) is 11.6 Å². The Morgan fingerprint density at radius 2 is 2.15 bits per heavy atom. The molecule has 0 bridgehead atoms. The van der Waals surface area contributed by atoms with Crippen LogP contribution in [0.25, 0.3) is 0 Å². The van der Waals surface area contributed by atoms with Gasteiger partial charge in [0.15, 0.2) is 0 Å². The molecule has 0 aliphatic carbocycles. The third-order valence-electron chi connectivity index (χ3n) is 3.54. The average Bonchev–Trinajstić information content (AvgIpc) is 2.42. The van der Waals surface area contributed by atoms with Crippen molar-refractivity contribution in [1.29, 1.82) is 0 Å². The molecule has 1 fully saturated rings. The minimum atomic E-state index is -0.486. The van der Waals surface area contributed by atoms with E-state index in [0.29, 0.717) is 18.4 Å². The van der Waals surface area contributed by atoms with Gasteiger partial charge in [-0.25, -0.2) is 4.39 Å². The van der Waals surface area contributed by atoms with Crippen molar-refractivity contribution in [1.82, 2.24) is 10.2 Å². The zero-order chi connectivity index (χ0) is 14.9. The zero-order valence-corrected chi connectivity index (χ0v) is 12.1. The molecule has 20 heavy (non-hydrogen) atoms. The molecule has 0 aromatic heterocycles. The van der Waals surface area contributed by atoms with Crippen molar-refractivity contribution in [3.05, 3.63) is 34.6 Å². The van der Waals surface area contributed by atoms with Crippen LogP contribution in [0.15, 0.2) is 18.2 Å². The molecule has 0 saturated carbocycles. The van der Waals surface area contributed by atoms with E-state index in [1.54, 1.807) is 6.07 Å². The summed E-state index contributed by atoms with van der Waals surface area (Å²) in [6.45, 7) is 1.84. The quantitative estimate of drug-likeness (QED) is 0.871. The van der Waals surface area contributed by atoms with Crippen LogP contribution in [0.4, 0.5) is 4.39 Å². The number of benzene rings is 1. The fraction of sp³-hybridized carbons (Fsp3) is 0.429. The zero-order valence-electron chi connectivity index (χ0n) is 11.3. The van der Waals surface area contributed by atoms with Crippen LogP contribution in [-0.2, 0) is 9.59 Å². The highest BCUT2D eigenvalue weighted by Crippen LogP contribution is 2.22. The standard InChI is InChI=1S/C14H16ClFN2O2/c1-8(9-3-4-10(15)11(16)7-9)17-12-5-6-13(19)18(2)14(12)20/h3-4,7-8,12,17H,5-6H2,1-2H3. The topological polar surface area (TPSA) is 49.4 Å². The first-order chi connectivity index (χ1) is 9.40. The lowest BCUT2D eigenvalue weighted by Crippen LogP contribution is -2.51. The van der Waals surface area contributed by atoms with Crippen LogP contribution in [0.2, 0.25) is 5.02 Å². The second kappa shape index (κ2) is 5.89. The number of hydrogen-bond donors (Lipinski definition) is 1. The Labute approximate surface area is 121 Å². The molecule has 1 heterocycles. The van der Waals surface area contributed by atoms with Crippen LogP contribution in [-0.4, -0.2) is 29.8 Å². The number of imide groups is 1.